The van der Waals surface area contributed by atoms with E-state index in [9.17, 15) is 4.79 Å². The second kappa shape index (κ2) is 4.73. The fourth-order valence-electron chi connectivity index (χ4n) is 1.71. The quantitative estimate of drug-likeness (QED) is 0.637. The molecule has 1 aliphatic heterocycles. The molecule has 88 valence electrons. The summed E-state index contributed by atoms with van der Waals surface area (Å²) in [7, 11) is 0. The van der Waals surface area contributed by atoms with E-state index in [1.807, 2.05) is 25.7 Å². The summed E-state index contributed by atoms with van der Waals surface area (Å²) < 4.78 is 5.35. The van der Waals surface area contributed by atoms with Gasteiger partial charge in [-0.1, -0.05) is 15.9 Å². The highest BCUT2D eigenvalue weighted by Gasteiger charge is 2.30. The normalized spacial score (nSPS) is 27.7. The van der Waals surface area contributed by atoms with Crippen molar-refractivity contribution in [1.82, 2.24) is 4.90 Å². The zero-order chi connectivity index (χ0) is 11.6. The molecule has 3 nitrogen and oxygen atoms in total. The van der Waals surface area contributed by atoms with Gasteiger partial charge in [0, 0.05) is 17.4 Å². The molecule has 1 fully saturated rings. The molecule has 2 unspecified atom stereocenters. The molecule has 0 aromatic carbocycles. The van der Waals surface area contributed by atoms with Gasteiger partial charge in [-0.25, -0.2) is 4.79 Å². The van der Waals surface area contributed by atoms with Crippen LogP contribution in [0.2, 0.25) is 0 Å². The number of amides is 1. The Balaban J connectivity index is 2.53. The molecule has 15 heavy (non-hydrogen) atoms. The summed E-state index contributed by atoms with van der Waals surface area (Å²) >= 11 is 3.59. The maximum atomic E-state index is 11.8. The Morgan fingerprint density at radius 2 is 2.07 bits per heavy atom. The minimum absolute atomic E-state index is 0.186. The van der Waals surface area contributed by atoms with Gasteiger partial charge in [-0.15, -0.1) is 0 Å². The number of halogens is 1. The highest BCUT2D eigenvalue weighted by atomic mass is 79.9. The van der Waals surface area contributed by atoms with Gasteiger partial charge < -0.3 is 9.64 Å². The van der Waals surface area contributed by atoms with Crippen LogP contribution in [0.4, 0.5) is 4.79 Å². The zero-order valence-electron chi connectivity index (χ0n) is 9.92. The van der Waals surface area contributed by atoms with Crippen LogP contribution in [0, 0.1) is 0 Å². The van der Waals surface area contributed by atoms with Crippen molar-refractivity contribution in [3.8, 4) is 0 Å². The summed E-state index contributed by atoms with van der Waals surface area (Å²) in [5, 5.41) is 0. The first kappa shape index (κ1) is 12.8. The van der Waals surface area contributed by atoms with Gasteiger partial charge >= 0.3 is 6.09 Å². The molecular weight excluding hydrogens is 258 g/mol. The van der Waals surface area contributed by atoms with E-state index in [2.05, 4.69) is 22.9 Å². The van der Waals surface area contributed by atoms with Gasteiger partial charge in [0.05, 0.1) is 0 Å². The van der Waals surface area contributed by atoms with Crippen LogP contribution in [0.3, 0.4) is 0 Å². The zero-order valence-corrected chi connectivity index (χ0v) is 11.5. The number of likely N-dealkylation sites (tertiary alicyclic amines) is 1. The average molecular weight is 278 g/mol. The van der Waals surface area contributed by atoms with Crippen LogP contribution in [0.1, 0.15) is 40.5 Å². The molecule has 1 heterocycles. The van der Waals surface area contributed by atoms with Crippen LogP contribution in [0.15, 0.2) is 0 Å². The van der Waals surface area contributed by atoms with Crippen molar-refractivity contribution in [2.45, 2.75) is 57.0 Å². The van der Waals surface area contributed by atoms with Crippen LogP contribution in [-0.2, 0) is 4.74 Å². The minimum Gasteiger partial charge on any atom is -0.444 e. The van der Waals surface area contributed by atoms with Crippen LogP contribution in [0.5, 0.6) is 0 Å². The maximum Gasteiger partial charge on any atom is 0.410 e. The van der Waals surface area contributed by atoms with Crippen LogP contribution < -0.4 is 0 Å². The molecule has 0 radical (unpaired) electrons. The summed E-state index contributed by atoms with van der Waals surface area (Å²) in [6.45, 7) is 8.54. The van der Waals surface area contributed by atoms with Gasteiger partial charge in [0.25, 0.3) is 0 Å². The Kier molecular flexibility index (Phi) is 4.04. The van der Waals surface area contributed by atoms with E-state index in [0.29, 0.717) is 4.83 Å². The molecule has 2 atom stereocenters. The molecule has 0 bridgehead atoms. The third-order valence-electron chi connectivity index (χ3n) is 2.44. The number of alkyl halides is 1. The van der Waals surface area contributed by atoms with Crippen LogP contribution >= 0.6 is 15.9 Å². The van der Waals surface area contributed by atoms with E-state index in [0.717, 1.165) is 19.4 Å². The molecule has 0 aromatic heterocycles. The Labute approximate surface area is 100 Å². The predicted molar refractivity (Wildman–Crippen MR) is 64.4 cm³/mol. The van der Waals surface area contributed by atoms with Gasteiger partial charge in [-0.2, -0.15) is 0 Å². The van der Waals surface area contributed by atoms with E-state index in [1.165, 1.54) is 0 Å². The van der Waals surface area contributed by atoms with Crippen molar-refractivity contribution in [1.29, 1.82) is 0 Å². The molecule has 1 aliphatic rings. The number of hydrogen-bond donors (Lipinski definition) is 0. The molecule has 1 rings (SSSR count). The number of rotatable bonds is 0. The van der Waals surface area contributed by atoms with E-state index >= 15 is 0 Å². The van der Waals surface area contributed by atoms with Gasteiger partial charge in [-0.3, -0.25) is 0 Å². The van der Waals surface area contributed by atoms with Gasteiger partial charge in [0.1, 0.15) is 5.60 Å². The highest BCUT2D eigenvalue weighted by Crippen LogP contribution is 2.24. The second-order valence-electron chi connectivity index (χ2n) is 5.14. The first-order valence-corrected chi connectivity index (χ1v) is 6.35. The molecule has 0 aromatic rings. The van der Waals surface area contributed by atoms with E-state index in [4.69, 9.17) is 4.74 Å². The Morgan fingerprint density at radius 3 is 2.53 bits per heavy atom. The molecule has 4 heteroatoms. The van der Waals surface area contributed by atoms with Crippen molar-refractivity contribution in [3.05, 3.63) is 0 Å². The van der Waals surface area contributed by atoms with E-state index in [-0.39, 0.29) is 12.1 Å². The topological polar surface area (TPSA) is 29.5 Å². The third kappa shape index (κ3) is 4.01. The molecular formula is C11H20BrNO2. The summed E-state index contributed by atoms with van der Waals surface area (Å²) in [6.07, 6.45) is 1.82. The fraction of sp³-hybridized carbons (Fsp3) is 0.909. The Hall–Kier alpha value is -0.250. The molecule has 0 saturated carbocycles. The average Bonchev–Trinajstić information content (AvgIpc) is 1.99. The Bertz CT molecular complexity index is 237. The van der Waals surface area contributed by atoms with Crippen LogP contribution in [-0.4, -0.2) is 34.0 Å². The molecule has 0 aliphatic carbocycles. The minimum atomic E-state index is -0.401. The van der Waals surface area contributed by atoms with Crippen molar-refractivity contribution in [2.75, 3.05) is 6.54 Å². The molecule has 1 saturated heterocycles. The lowest BCUT2D eigenvalue weighted by molar-refractivity contribution is 0.0127. The summed E-state index contributed by atoms with van der Waals surface area (Å²) in [5.74, 6) is 0. The van der Waals surface area contributed by atoms with Crippen molar-refractivity contribution in [2.24, 2.45) is 0 Å². The first-order chi connectivity index (χ1) is 6.79. The van der Waals surface area contributed by atoms with Crippen molar-refractivity contribution >= 4 is 22.0 Å². The second-order valence-corrected chi connectivity index (χ2v) is 6.44. The maximum absolute atomic E-state index is 11.8. The lowest BCUT2D eigenvalue weighted by atomic mass is 10.0. The van der Waals surface area contributed by atoms with Crippen molar-refractivity contribution in [3.63, 3.8) is 0 Å². The number of carbonyl (C=O) groups is 1. The fourth-order valence-corrected chi connectivity index (χ4v) is 2.45. The largest absolute Gasteiger partial charge is 0.444 e. The number of ether oxygens (including phenoxy) is 1. The van der Waals surface area contributed by atoms with Gasteiger partial charge in [0.15, 0.2) is 0 Å². The molecule has 0 N–H and O–H groups in total. The van der Waals surface area contributed by atoms with Crippen molar-refractivity contribution < 1.29 is 9.53 Å². The Morgan fingerprint density at radius 1 is 1.47 bits per heavy atom. The van der Waals surface area contributed by atoms with E-state index in [1.54, 1.807) is 0 Å². The smallest absolute Gasteiger partial charge is 0.410 e. The third-order valence-corrected chi connectivity index (χ3v) is 3.27. The van der Waals surface area contributed by atoms with E-state index < -0.39 is 5.60 Å². The standard InChI is InChI=1S/C11H20BrNO2/c1-8-7-9(12)5-6-13(8)10(14)15-11(2,3)4/h8-9H,5-7H2,1-4H3. The summed E-state index contributed by atoms with van der Waals surface area (Å²) in [5.41, 5.74) is -0.401. The molecule has 1 amide bonds. The monoisotopic (exact) mass is 277 g/mol. The number of piperidine rings is 1. The summed E-state index contributed by atoms with van der Waals surface area (Å²) in [6, 6.07) is 0.262. The SMILES string of the molecule is CC1CC(Br)CCN1C(=O)OC(C)(C)C. The number of hydrogen-bond acceptors (Lipinski definition) is 2. The van der Waals surface area contributed by atoms with Gasteiger partial charge in [0.2, 0.25) is 0 Å². The first-order valence-electron chi connectivity index (χ1n) is 5.43. The van der Waals surface area contributed by atoms with Gasteiger partial charge in [-0.05, 0) is 40.5 Å². The highest BCUT2D eigenvalue weighted by molar-refractivity contribution is 9.09. The molecule has 0 spiro atoms. The summed E-state index contributed by atoms with van der Waals surface area (Å²) in [4.78, 5) is 14.2. The number of nitrogens with zero attached hydrogens (tertiary/aromatic N) is 1. The van der Waals surface area contributed by atoms with Crippen LogP contribution in [0.25, 0.3) is 0 Å². The lowest BCUT2D eigenvalue weighted by Crippen LogP contribution is -2.47. The number of carbonyl (C=O) groups excluding carboxylic acids is 1. The lowest BCUT2D eigenvalue weighted by Gasteiger charge is -2.36. The predicted octanol–water partition coefficient (Wildman–Crippen LogP) is 3.17.